The number of benzene rings is 8. The van der Waals surface area contributed by atoms with Crippen molar-refractivity contribution >= 4 is 21.8 Å². The second-order valence-corrected chi connectivity index (χ2v) is 15.2. The number of rotatable bonds is 7. The van der Waals surface area contributed by atoms with E-state index in [1.807, 2.05) is 109 Å². The van der Waals surface area contributed by atoms with E-state index >= 15 is 0 Å². The number of nitriles is 2. The van der Waals surface area contributed by atoms with E-state index < -0.39 is 0 Å². The number of aromatic nitrogens is 4. The summed E-state index contributed by atoms with van der Waals surface area (Å²) < 4.78 is 2.36. The second kappa shape index (κ2) is 15.4. The Morgan fingerprint density at radius 3 is 1.43 bits per heavy atom. The molecule has 0 amide bonds. The normalized spacial score (nSPS) is 11.1. The second-order valence-electron chi connectivity index (χ2n) is 15.2. The summed E-state index contributed by atoms with van der Waals surface area (Å²) in [4.78, 5) is 15.3. The minimum atomic E-state index is 0.518. The molecule has 0 aliphatic heterocycles. The lowest BCUT2D eigenvalue weighted by Crippen LogP contribution is -2.04. The van der Waals surface area contributed by atoms with Crippen molar-refractivity contribution < 1.29 is 0 Å². The highest BCUT2D eigenvalue weighted by Gasteiger charge is 2.24. The molecule has 8 aromatic carbocycles. The molecule has 0 atom stereocenters. The number of para-hydroxylation sites is 1. The van der Waals surface area contributed by atoms with E-state index in [4.69, 9.17) is 15.0 Å². The Kier molecular flexibility index (Phi) is 9.29. The van der Waals surface area contributed by atoms with Crippen LogP contribution in [0.5, 0.6) is 0 Å². The zero-order valence-electron chi connectivity index (χ0n) is 33.5. The molecule has 0 saturated carbocycles. The molecule has 0 radical (unpaired) electrons. The standard InChI is InChI=1S/C55H36N6/c1-35-17-27-45(36(2)29-35)43-26-28-51-49(30-43)46-15-9-10-16-50(46)61(51)52-47(39-22-18-37(33-56)19-23-39)31-44(32-48(52)40-24-20-38(34-57)21-25-40)55-59-53(41-11-5-3-6-12-41)58-54(60-55)42-13-7-4-8-14-42/h3-32H,1-2H3. The van der Waals surface area contributed by atoms with Crippen LogP contribution < -0.4 is 0 Å². The molecule has 6 heteroatoms. The molecule has 0 spiro atoms. The van der Waals surface area contributed by atoms with Gasteiger partial charge in [-0.3, -0.25) is 0 Å². The summed E-state index contributed by atoms with van der Waals surface area (Å²) in [6.07, 6.45) is 0. The van der Waals surface area contributed by atoms with Crippen molar-refractivity contribution in [2.24, 2.45) is 0 Å². The summed E-state index contributed by atoms with van der Waals surface area (Å²) in [5.74, 6) is 1.65. The van der Waals surface area contributed by atoms with Gasteiger partial charge in [-0.1, -0.05) is 133 Å². The molecule has 0 saturated heterocycles. The van der Waals surface area contributed by atoms with Gasteiger partial charge in [-0.25, -0.2) is 15.0 Å². The quantitative estimate of drug-likeness (QED) is 0.161. The van der Waals surface area contributed by atoms with Crippen molar-refractivity contribution in [2.75, 3.05) is 0 Å². The van der Waals surface area contributed by atoms with Crippen molar-refractivity contribution in [3.8, 4) is 85.4 Å². The number of aryl methyl sites for hydroxylation is 2. The summed E-state index contributed by atoms with van der Waals surface area (Å²) in [5, 5.41) is 21.9. The average Bonchev–Trinajstić information content (AvgIpc) is 3.65. The Hall–Kier alpha value is -8.45. The third-order valence-electron chi connectivity index (χ3n) is 11.3. The largest absolute Gasteiger partial charge is 0.308 e. The summed E-state index contributed by atoms with van der Waals surface area (Å²) in [6.45, 7) is 4.30. The Morgan fingerprint density at radius 2 is 0.885 bits per heavy atom. The fraction of sp³-hybridized carbons (Fsp3) is 0.0364. The van der Waals surface area contributed by atoms with Gasteiger partial charge in [0.25, 0.3) is 0 Å². The molecule has 286 valence electrons. The van der Waals surface area contributed by atoms with Gasteiger partial charge in [0.05, 0.1) is 40.0 Å². The van der Waals surface area contributed by atoms with Crippen LogP contribution in [0, 0.1) is 36.5 Å². The van der Waals surface area contributed by atoms with Crippen LogP contribution in [0.15, 0.2) is 182 Å². The minimum Gasteiger partial charge on any atom is -0.308 e. The Bertz CT molecular complexity index is 3240. The third kappa shape index (κ3) is 6.79. The molecule has 61 heavy (non-hydrogen) atoms. The molecule has 0 bridgehead atoms. The fourth-order valence-corrected chi connectivity index (χ4v) is 8.35. The minimum absolute atomic E-state index is 0.518. The molecule has 2 heterocycles. The lowest BCUT2D eigenvalue weighted by atomic mass is 9.91. The molecule has 0 fully saturated rings. The van der Waals surface area contributed by atoms with E-state index in [-0.39, 0.29) is 0 Å². The van der Waals surface area contributed by atoms with Crippen molar-refractivity contribution in [2.45, 2.75) is 13.8 Å². The van der Waals surface area contributed by atoms with Gasteiger partial charge in [0.15, 0.2) is 17.5 Å². The van der Waals surface area contributed by atoms with Crippen LogP contribution in [0.1, 0.15) is 22.3 Å². The number of hydrogen-bond donors (Lipinski definition) is 0. The highest BCUT2D eigenvalue weighted by atomic mass is 15.0. The smallest absolute Gasteiger partial charge is 0.164 e. The first-order chi connectivity index (χ1) is 29.9. The third-order valence-corrected chi connectivity index (χ3v) is 11.3. The zero-order valence-corrected chi connectivity index (χ0v) is 33.5. The summed E-state index contributed by atoms with van der Waals surface area (Å²) in [5.41, 5.74) is 15.2. The zero-order chi connectivity index (χ0) is 41.5. The number of nitrogens with zero attached hydrogens (tertiary/aromatic N) is 6. The first kappa shape index (κ1) is 36.9. The molecule has 10 aromatic rings. The molecular formula is C55H36N6. The summed E-state index contributed by atoms with van der Waals surface area (Å²) in [7, 11) is 0. The summed E-state index contributed by atoms with van der Waals surface area (Å²) >= 11 is 0. The molecule has 0 N–H and O–H groups in total. The van der Waals surface area contributed by atoms with Crippen molar-refractivity contribution in [1.82, 2.24) is 19.5 Å². The average molecular weight is 781 g/mol. The SMILES string of the molecule is Cc1ccc(-c2ccc3c(c2)c2ccccc2n3-c2c(-c3ccc(C#N)cc3)cc(-c3nc(-c4ccccc4)nc(-c4ccccc4)n3)cc2-c2ccc(C#N)cc2)c(C)c1. The molecule has 6 nitrogen and oxygen atoms in total. The maximum Gasteiger partial charge on any atom is 0.164 e. The van der Waals surface area contributed by atoms with Gasteiger partial charge in [-0.15, -0.1) is 0 Å². The monoisotopic (exact) mass is 780 g/mol. The van der Waals surface area contributed by atoms with Gasteiger partial charge in [-0.2, -0.15) is 10.5 Å². The molecular weight excluding hydrogens is 745 g/mol. The highest BCUT2D eigenvalue weighted by molar-refractivity contribution is 6.12. The molecule has 10 rings (SSSR count). The fourth-order valence-electron chi connectivity index (χ4n) is 8.35. The van der Waals surface area contributed by atoms with Crippen LogP contribution in [-0.4, -0.2) is 19.5 Å². The van der Waals surface area contributed by atoms with Gasteiger partial charge in [0.2, 0.25) is 0 Å². The van der Waals surface area contributed by atoms with E-state index in [0.29, 0.717) is 28.6 Å². The van der Waals surface area contributed by atoms with Crippen LogP contribution in [0.2, 0.25) is 0 Å². The highest BCUT2D eigenvalue weighted by Crippen LogP contribution is 2.44. The maximum absolute atomic E-state index is 9.84. The molecule has 0 unspecified atom stereocenters. The van der Waals surface area contributed by atoms with Gasteiger partial charge in [-0.05, 0) is 96.3 Å². The van der Waals surface area contributed by atoms with Crippen molar-refractivity contribution in [1.29, 1.82) is 10.5 Å². The Labute approximate surface area is 354 Å². The van der Waals surface area contributed by atoms with E-state index in [9.17, 15) is 10.5 Å². The van der Waals surface area contributed by atoms with Crippen molar-refractivity contribution in [3.05, 3.63) is 204 Å². The van der Waals surface area contributed by atoms with Crippen LogP contribution in [-0.2, 0) is 0 Å². The molecule has 2 aromatic heterocycles. The number of fused-ring (bicyclic) bond motifs is 3. The van der Waals surface area contributed by atoms with Crippen LogP contribution >= 0.6 is 0 Å². The van der Waals surface area contributed by atoms with Gasteiger partial charge < -0.3 is 4.57 Å². The van der Waals surface area contributed by atoms with E-state index in [1.54, 1.807) is 0 Å². The number of hydrogen-bond acceptors (Lipinski definition) is 5. The predicted octanol–water partition coefficient (Wildman–Crippen LogP) is 13.3. The first-order valence-corrected chi connectivity index (χ1v) is 20.1. The van der Waals surface area contributed by atoms with Gasteiger partial charge in [0.1, 0.15) is 0 Å². The predicted molar refractivity (Wildman–Crippen MR) is 246 cm³/mol. The van der Waals surface area contributed by atoms with Crippen LogP contribution in [0.4, 0.5) is 0 Å². The van der Waals surface area contributed by atoms with Crippen LogP contribution in [0.25, 0.3) is 95.0 Å². The van der Waals surface area contributed by atoms with E-state index in [0.717, 1.165) is 72.0 Å². The van der Waals surface area contributed by atoms with E-state index in [1.165, 1.54) is 16.7 Å². The van der Waals surface area contributed by atoms with Crippen LogP contribution in [0.3, 0.4) is 0 Å². The lowest BCUT2D eigenvalue weighted by Gasteiger charge is -2.21. The molecule has 0 aliphatic carbocycles. The maximum atomic E-state index is 9.84. The lowest BCUT2D eigenvalue weighted by molar-refractivity contribution is 1.07. The van der Waals surface area contributed by atoms with Gasteiger partial charge >= 0.3 is 0 Å². The first-order valence-electron chi connectivity index (χ1n) is 20.1. The van der Waals surface area contributed by atoms with Crippen molar-refractivity contribution in [3.63, 3.8) is 0 Å². The topological polar surface area (TPSA) is 91.2 Å². The molecule has 0 aliphatic rings. The summed E-state index contributed by atoms with van der Waals surface area (Å²) in [6, 6.07) is 66.2. The van der Waals surface area contributed by atoms with E-state index in [2.05, 4.69) is 103 Å². The van der Waals surface area contributed by atoms with Gasteiger partial charge in [0, 0.05) is 38.6 Å². The Morgan fingerprint density at radius 1 is 0.393 bits per heavy atom. The Balaban J connectivity index is 1.31.